The maximum Gasteiger partial charge on any atom is 0.306 e. The van der Waals surface area contributed by atoms with E-state index in [1.807, 2.05) is 0 Å². The summed E-state index contributed by atoms with van der Waals surface area (Å²) >= 11 is 0. The fourth-order valence-corrected chi connectivity index (χ4v) is 3.92. The van der Waals surface area contributed by atoms with E-state index in [1.54, 1.807) is 0 Å². The zero-order valence-electron chi connectivity index (χ0n) is 12.3. The largest absolute Gasteiger partial charge is 0.481 e. The Morgan fingerprint density at radius 2 is 2.00 bits per heavy atom. The SMILES string of the molecule is Cc1ccc2c(c1)C(N1CCC(C(=O)O)CC1)C(C)C2. The molecule has 1 N–H and O–H groups in total. The van der Waals surface area contributed by atoms with Crippen LogP contribution in [0.4, 0.5) is 0 Å². The highest BCUT2D eigenvalue weighted by atomic mass is 16.4. The lowest BCUT2D eigenvalue weighted by Gasteiger charge is -2.37. The standard InChI is InChI=1S/C17H23NO2/c1-11-3-4-14-10-12(2)16(15(14)9-11)18-7-5-13(6-8-18)17(19)20/h3-4,9,12-13,16H,5-8,10H2,1-2H3,(H,19,20). The molecule has 3 nitrogen and oxygen atoms in total. The van der Waals surface area contributed by atoms with Crippen molar-refractivity contribution < 1.29 is 9.90 Å². The lowest BCUT2D eigenvalue weighted by Crippen LogP contribution is -2.39. The Hall–Kier alpha value is -1.35. The van der Waals surface area contributed by atoms with Crippen LogP contribution < -0.4 is 0 Å². The number of hydrogen-bond donors (Lipinski definition) is 1. The highest BCUT2D eigenvalue weighted by Crippen LogP contribution is 2.41. The number of hydrogen-bond acceptors (Lipinski definition) is 2. The third-order valence-corrected chi connectivity index (χ3v) is 4.97. The first-order valence-electron chi connectivity index (χ1n) is 7.62. The molecule has 0 amide bonds. The van der Waals surface area contributed by atoms with Gasteiger partial charge in [0.05, 0.1) is 5.92 Å². The summed E-state index contributed by atoms with van der Waals surface area (Å²) in [7, 11) is 0. The lowest BCUT2D eigenvalue weighted by molar-refractivity contribution is -0.143. The normalized spacial score (nSPS) is 27.5. The van der Waals surface area contributed by atoms with Gasteiger partial charge in [0.25, 0.3) is 0 Å². The minimum atomic E-state index is -0.625. The number of likely N-dealkylation sites (tertiary alicyclic amines) is 1. The number of carbonyl (C=O) groups is 1. The highest BCUT2D eigenvalue weighted by Gasteiger charge is 2.36. The molecule has 0 radical (unpaired) electrons. The van der Waals surface area contributed by atoms with Gasteiger partial charge in [-0.05, 0) is 56.3 Å². The number of benzene rings is 1. The quantitative estimate of drug-likeness (QED) is 0.900. The second-order valence-electron chi connectivity index (χ2n) is 6.48. The molecular weight excluding hydrogens is 250 g/mol. The van der Waals surface area contributed by atoms with Crippen LogP contribution in [0, 0.1) is 18.8 Å². The van der Waals surface area contributed by atoms with E-state index in [0.717, 1.165) is 32.4 Å². The van der Waals surface area contributed by atoms with Crippen molar-refractivity contribution in [2.45, 2.75) is 39.2 Å². The van der Waals surface area contributed by atoms with Crippen molar-refractivity contribution >= 4 is 5.97 Å². The summed E-state index contributed by atoms with van der Waals surface area (Å²) in [4.78, 5) is 13.6. The fraction of sp³-hybridized carbons (Fsp3) is 0.588. The second kappa shape index (κ2) is 5.21. The van der Waals surface area contributed by atoms with Gasteiger partial charge < -0.3 is 5.11 Å². The maximum atomic E-state index is 11.1. The number of piperidine rings is 1. The minimum Gasteiger partial charge on any atom is -0.481 e. The average Bonchev–Trinajstić information content (AvgIpc) is 2.74. The van der Waals surface area contributed by atoms with E-state index in [1.165, 1.54) is 16.7 Å². The molecule has 108 valence electrons. The van der Waals surface area contributed by atoms with Crippen LogP contribution in [0.1, 0.15) is 42.5 Å². The predicted octanol–water partition coefficient (Wildman–Crippen LogP) is 3.02. The number of fused-ring (bicyclic) bond motifs is 1. The van der Waals surface area contributed by atoms with E-state index in [9.17, 15) is 4.79 Å². The Bertz CT molecular complexity index is 518. The summed E-state index contributed by atoms with van der Waals surface area (Å²) < 4.78 is 0. The Kier molecular flexibility index (Phi) is 3.55. The second-order valence-corrected chi connectivity index (χ2v) is 6.48. The van der Waals surface area contributed by atoms with E-state index >= 15 is 0 Å². The molecule has 2 atom stereocenters. The molecule has 1 aromatic carbocycles. The van der Waals surface area contributed by atoms with Crippen molar-refractivity contribution in [3.8, 4) is 0 Å². The van der Waals surface area contributed by atoms with Crippen molar-refractivity contribution in [2.24, 2.45) is 11.8 Å². The molecule has 20 heavy (non-hydrogen) atoms. The third-order valence-electron chi connectivity index (χ3n) is 4.97. The molecule has 1 aromatic rings. The zero-order valence-corrected chi connectivity index (χ0v) is 12.3. The van der Waals surface area contributed by atoms with Crippen LogP contribution >= 0.6 is 0 Å². The monoisotopic (exact) mass is 273 g/mol. The zero-order chi connectivity index (χ0) is 14.3. The van der Waals surface area contributed by atoms with E-state index in [0.29, 0.717) is 12.0 Å². The molecule has 3 rings (SSSR count). The topological polar surface area (TPSA) is 40.5 Å². The van der Waals surface area contributed by atoms with Crippen LogP contribution in [-0.2, 0) is 11.2 Å². The molecule has 3 heteroatoms. The molecule has 1 aliphatic heterocycles. The number of aliphatic carboxylic acids is 1. The van der Waals surface area contributed by atoms with Crippen molar-refractivity contribution in [1.29, 1.82) is 0 Å². The smallest absolute Gasteiger partial charge is 0.306 e. The third kappa shape index (κ3) is 2.35. The fourth-order valence-electron chi connectivity index (χ4n) is 3.92. The average molecular weight is 273 g/mol. The molecule has 0 spiro atoms. The Labute approximate surface area is 120 Å². The van der Waals surface area contributed by atoms with Crippen LogP contribution in [0.5, 0.6) is 0 Å². The summed E-state index contributed by atoms with van der Waals surface area (Å²) in [6.07, 6.45) is 2.73. The lowest BCUT2D eigenvalue weighted by atomic mass is 9.92. The van der Waals surface area contributed by atoms with Gasteiger partial charge in [0.15, 0.2) is 0 Å². The molecule has 1 fully saturated rings. The molecule has 2 unspecified atom stereocenters. The summed E-state index contributed by atoms with van der Waals surface area (Å²) in [6, 6.07) is 7.28. The Balaban J connectivity index is 1.79. The summed E-state index contributed by atoms with van der Waals surface area (Å²) in [5.41, 5.74) is 4.28. The maximum absolute atomic E-state index is 11.1. The first-order valence-corrected chi connectivity index (χ1v) is 7.62. The molecule has 1 aliphatic carbocycles. The molecule has 0 bridgehead atoms. The Morgan fingerprint density at radius 3 is 2.65 bits per heavy atom. The van der Waals surface area contributed by atoms with Crippen molar-refractivity contribution in [1.82, 2.24) is 4.90 Å². The first-order chi connectivity index (χ1) is 9.56. The first kappa shape index (κ1) is 13.6. The number of rotatable bonds is 2. The van der Waals surface area contributed by atoms with Gasteiger partial charge in [-0.3, -0.25) is 9.69 Å². The molecular formula is C17H23NO2. The highest BCUT2D eigenvalue weighted by molar-refractivity contribution is 5.70. The number of nitrogens with zero attached hydrogens (tertiary/aromatic N) is 1. The van der Waals surface area contributed by atoms with E-state index in [2.05, 4.69) is 36.9 Å². The van der Waals surface area contributed by atoms with E-state index < -0.39 is 5.97 Å². The van der Waals surface area contributed by atoms with Crippen LogP contribution in [-0.4, -0.2) is 29.1 Å². The van der Waals surface area contributed by atoms with Gasteiger partial charge in [0, 0.05) is 6.04 Å². The number of aryl methyl sites for hydroxylation is 1. The van der Waals surface area contributed by atoms with Gasteiger partial charge in [-0.15, -0.1) is 0 Å². The van der Waals surface area contributed by atoms with Gasteiger partial charge in [-0.1, -0.05) is 30.7 Å². The summed E-state index contributed by atoms with van der Waals surface area (Å²) in [6.45, 7) is 6.30. The van der Waals surface area contributed by atoms with Gasteiger partial charge in [0.2, 0.25) is 0 Å². The minimum absolute atomic E-state index is 0.139. The van der Waals surface area contributed by atoms with E-state index in [4.69, 9.17) is 5.11 Å². The van der Waals surface area contributed by atoms with Gasteiger partial charge in [-0.25, -0.2) is 0 Å². The van der Waals surface area contributed by atoms with Crippen molar-refractivity contribution in [3.63, 3.8) is 0 Å². The van der Waals surface area contributed by atoms with Gasteiger partial charge in [-0.2, -0.15) is 0 Å². The number of carboxylic acids is 1. The number of carboxylic acid groups (broad SMARTS) is 1. The van der Waals surface area contributed by atoms with Crippen LogP contribution in [0.15, 0.2) is 18.2 Å². The van der Waals surface area contributed by atoms with Crippen LogP contribution in [0.3, 0.4) is 0 Å². The molecule has 2 aliphatic rings. The summed E-state index contributed by atoms with van der Waals surface area (Å²) in [5.74, 6) is -0.131. The Morgan fingerprint density at radius 1 is 1.30 bits per heavy atom. The molecule has 0 saturated carbocycles. The van der Waals surface area contributed by atoms with E-state index in [-0.39, 0.29) is 5.92 Å². The van der Waals surface area contributed by atoms with Gasteiger partial charge >= 0.3 is 5.97 Å². The molecule has 1 saturated heterocycles. The van der Waals surface area contributed by atoms with Crippen LogP contribution in [0.2, 0.25) is 0 Å². The predicted molar refractivity (Wildman–Crippen MR) is 78.7 cm³/mol. The molecule has 1 heterocycles. The van der Waals surface area contributed by atoms with Crippen molar-refractivity contribution in [2.75, 3.05) is 13.1 Å². The van der Waals surface area contributed by atoms with Crippen LogP contribution in [0.25, 0.3) is 0 Å². The van der Waals surface area contributed by atoms with Crippen molar-refractivity contribution in [3.05, 3.63) is 34.9 Å². The van der Waals surface area contributed by atoms with Gasteiger partial charge in [0.1, 0.15) is 0 Å². The molecule has 0 aromatic heterocycles. The summed E-state index contributed by atoms with van der Waals surface area (Å²) in [5, 5.41) is 9.12.